The molecule has 1 rings (SSSR count). The summed E-state index contributed by atoms with van der Waals surface area (Å²) in [5, 5.41) is 3.36. The maximum absolute atomic E-state index is 5.53. The Morgan fingerprint density at radius 3 is 2.68 bits per heavy atom. The highest BCUT2D eigenvalue weighted by atomic mass is 127. The highest BCUT2D eigenvalue weighted by Crippen LogP contribution is 2.14. The van der Waals surface area contributed by atoms with E-state index < -0.39 is 0 Å². The molecule has 1 aromatic heterocycles. The number of aliphatic imine (C=N–C) groups is 1. The molecule has 0 bridgehead atoms. The van der Waals surface area contributed by atoms with Crippen LogP contribution in [0, 0.1) is 0 Å². The van der Waals surface area contributed by atoms with Gasteiger partial charge in [-0.05, 0) is 42.3 Å². The molecule has 0 aliphatic heterocycles. The van der Waals surface area contributed by atoms with Gasteiger partial charge in [0, 0.05) is 50.7 Å². The molecule has 0 unspecified atom stereocenters. The summed E-state index contributed by atoms with van der Waals surface area (Å²) in [4.78, 5) is 6.44. The third-order valence-electron chi connectivity index (χ3n) is 3.10. The van der Waals surface area contributed by atoms with Gasteiger partial charge in [0.05, 0.1) is 12.6 Å². The molecular formula is C15H28BrIN4O. The van der Waals surface area contributed by atoms with Crippen molar-refractivity contribution in [3.05, 3.63) is 22.4 Å². The average Bonchev–Trinajstić information content (AvgIpc) is 2.71. The van der Waals surface area contributed by atoms with Gasteiger partial charge in [-0.25, -0.2) is 0 Å². The fourth-order valence-corrected chi connectivity index (χ4v) is 2.59. The molecule has 22 heavy (non-hydrogen) atoms. The Labute approximate surface area is 159 Å². The van der Waals surface area contributed by atoms with Gasteiger partial charge in [-0.15, -0.1) is 24.0 Å². The molecule has 128 valence electrons. The minimum Gasteiger partial charge on any atom is -0.379 e. The molecule has 7 heteroatoms. The number of nitrogens with zero attached hydrogens (tertiary/aromatic N) is 3. The molecule has 5 nitrogen and oxygen atoms in total. The fraction of sp³-hybridized carbons (Fsp3) is 0.667. The normalized spacial score (nSPS) is 11.5. The third-order valence-corrected chi connectivity index (χ3v) is 3.54. The van der Waals surface area contributed by atoms with Crippen LogP contribution in [0.4, 0.5) is 0 Å². The van der Waals surface area contributed by atoms with Crippen molar-refractivity contribution in [1.82, 2.24) is 14.8 Å². The van der Waals surface area contributed by atoms with Crippen LogP contribution < -0.4 is 5.32 Å². The molecule has 0 saturated carbocycles. The number of aryl methyl sites for hydroxylation is 1. The standard InChI is InChI=1S/C15H27BrN4O.HI/c1-12(2)21-8-6-7-18-15(17-3)20(5)11-14-9-13(16)10-19(14)4;/h9-10,12H,6-8,11H2,1-5H3,(H,17,18);1H. The predicted octanol–water partition coefficient (Wildman–Crippen LogP) is 3.23. The van der Waals surface area contributed by atoms with E-state index in [1.54, 1.807) is 0 Å². The van der Waals surface area contributed by atoms with E-state index in [2.05, 4.69) is 61.8 Å². The van der Waals surface area contributed by atoms with Crippen LogP contribution in [-0.2, 0) is 18.3 Å². The average molecular weight is 487 g/mol. The summed E-state index contributed by atoms with van der Waals surface area (Å²) in [7, 11) is 5.90. The first kappa shape index (κ1) is 21.7. The Hall–Kier alpha value is -0.280. The fourth-order valence-electron chi connectivity index (χ4n) is 2.02. The molecule has 1 heterocycles. The van der Waals surface area contributed by atoms with Crippen LogP contribution >= 0.6 is 39.9 Å². The van der Waals surface area contributed by atoms with E-state index in [1.807, 2.05) is 21.1 Å². The lowest BCUT2D eigenvalue weighted by Crippen LogP contribution is -2.39. The smallest absolute Gasteiger partial charge is 0.193 e. The molecule has 0 amide bonds. The number of aromatic nitrogens is 1. The predicted molar refractivity (Wildman–Crippen MR) is 107 cm³/mol. The van der Waals surface area contributed by atoms with E-state index in [-0.39, 0.29) is 24.0 Å². The quantitative estimate of drug-likeness (QED) is 0.278. The molecular weight excluding hydrogens is 459 g/mol. The van der Waals surface area contributed by atoms with Crippen molar-refractivity contribution < 1.29 is 4.74 Å². The Morgan fingerprint density at radius 1 is 1.50 bits per heavy atom. The number of nitrogens with one attached hydrogen (secondary N) is 1. The van der Waals surface area contributed by atoms with Crippen molar-refractivity contribution in [3.63, 3.8) is 0 Å². The highest BCUT2D eigenvalue weighted by molar-refractivity contribution is 14.0. The van der Waals surface area contributed by atoms with E-state index in [0.717, 1.165) is 36.5 Å². The molecule has 0 aromatic carbocycles. The third kappa shape index (κ3) is 7.82. The summed E-state index contributed by atoms with van der Waals surface area (Å²) >= 11 is 3.50. The van der Waals surface area contributed by atoms with E-state index in [0.29, 0.717) is 6.10 Å². The van der Waals surface area contributed by atoms with E-state index in [4.69, 9.17) is 4.74 Å². The lowest BCUT2D eigenvalue weighted by molar-refractivity contribution is 0.0776. The van der Waals surface area contributed by atoms with Gasteiger partial charge in [-0.2, -0.15) is 0 Å². The Balaban J connectivity index is 0.00000441. The second-order valence-electron chi connectivity index (χ2n) is 5.36. The number of hydrogen-bond donors (Lipinski definition) is 1. The zero-order valence-electron chi connectivity index (χ0n) is 14.1. The van der Waals surface area contributed by atoms with Crippen molar-refractivity contribution in [2.45, 2.75) is 32.9 Å². The zero-order chi connectivity index (χ0) is 15.8. The van der Waals surface area contributed by atoms with Crippen molar-refractivity contribution in [2.24, 2.45) is 12.0 Å². The molecule has 0 saturated heterocycles. The van der Waals surface area contributed by atoms with Crippen LogP contribution in [0.15, 0.2) is 21.7 Å². The highest BCUT2D eigenvalue weighted by Gasteiger charge is 2.09. The SMILES string of the molecule is CN=C(NCCCOC(C)C)N(C)Cc1cc(Br)cn1C.I. The molecule has 0 aliphatic rings. The molecule has 0 atom stereocenters. The van der Waals surface area contributed by atoms with Crippen molar-refractivity contribution in [2.75, 3.05) is 27.2 Å². The maximum Gasteiger partial charge on any atom is 0.193 e. The first-order chi connectivity index (χ1) is 9.93. The van der Waals surface area contributed by atoms with Gasteiger partial charge >= 0.3 is 0 Å². The summed E-state index contributed by atoms with van der Waals surface area (Å²) in [5.74, 6) is 0.900. The van der Waals surface area contributed by atoms with Crippen molar-refractivity contribution >= 4 is 45.9 Å². The van der Waals surface area contributed by atoms with Crippen LogP contribution in [0.25, 0.3) is 0 Å². The van der Waals surface area contributed by atoms with Gasteiger partial charge < -0.3 is 19.5 Å². The molecule has 0 aliphatic carbocycles. The summed E-state index contributed by atoms with van der Waals surface area (Å²) in [6, 6.07) is 2.13. The van der Waals surface area contributed by atoms with Gasteiger partial charge in [0.1, 0.15) is 0 Å². The molecule has 1 N–H and O–H groups in total. The van der Waals surface area contributed by atoms with Crippen LogP contribution in [0.5, 0.6) is 0 Å². The lowest BCUT2D eigenvalue weighted by Gasteiger charge is -2.22. The maximum atomic E-state index is 5.53. The monoisotopic (exact) mass is 486 g/mol. The minimum absolute atomic E-state index is 0. The minimum atomic E-state index is 0. The molecule has 0 spiro atoms. The lowest BCUT2D eigenvalue weighted by atomic mass is 10.4. The Kier molecular flexibility index (Phi) is 11.1. The van der Waals surface area contributed by atoms with Gasteiger partial charge in [0.15, 0.2) is 5.96 Å². The van der Waals surface area contributed by atoms with Crippen LogP contribution in [0.3, 0.4) is 0 Å². The first-order valence-electron chi connectivity index (χ1n) is 7.28. The van der Waals surface area contributed by atoms with Crippen molar-refractivity contribution in [1.29, 1.82) is 0 Å². The van der Waals surface area contributed by atoms with E-state index in [9.17, 15) is 0 Å². The second-order valence-corrected chi connectivity index (χ2v) is 6.28. The molecule has 1 aromatic rings. The van der Waals surface area contributed by atoms with Crippen LogP contribution in [-0.4, -0.2) is 48.8 Å². The number of ether oxygens (including phenoxy) is 1. The van der Waals surface area contributed by atoms with Crippen LogP contribution in [0.2, 0.25) is 0 Å². The van der Waals surface area contributed by atoms with Gasteiger partial charge in [0.2, 0.25) is 0 Å². The van der Waals surface area contributed by atoms with Gasteiger partial charge in [0.25, 0.3) is 0 Å². The zero-order valence-corrected chi connectivity index (χ0v) is 18.0. The largest absolute Gasteiger partial charge is 0.379 e. The number of halogens is 2. The first-order valence-corrected chi connectivity index (χ1v) is 8.07. The van der Waals surface area contributed by atoms with Gasteiger partial charge in [-0.1, -0.05) is 0 Å². The Bertz CT molecular complexity index is 462. The second kappa shape index (κ2) is 11.3. The Morgan fingerprint density at radius 2 is 2.18 bits per heavy atom. The summed E-state index contributed by atoms with van der Waals surface area (Å²) in [6.07, 6.45) is 3.33. The summed E-state index contributed by atoms with van der Waals surface area (Å²) in [6.45, 7) is 6.55. The van der Waals surface area contributed by atoms with Crippen LogP contribution in [0.1, 0.15) is 26.0 Å². The van der Waals surface area contributed by atoms with Crippen molar-refractivity contribution in [3.8, 4) is 0 Å². The van der Waals surface area contributed by atoms with E-state index in [1.165, 1.54) is 5.69 Å². The van der Waals surface area contributed by atoms with Gasteiger partial charge in [-0.3, -0.25) is 4.99 Å². The summed E-state index contributed by atoms with van der Waals surface area (Å²) < 4.78 is 8.74. The molecule has 0 radical (unpaired) electrons. The number of rotatable bonds is 7. The van der Waals surface area contributed by atoms with E-state index >= 15 is 0 Å². The molecule has 0 fully saturated rings. The topological polar surface area (TPSA) is 41.8 Å². The number of guanidine groups is 1. The summed E-state index contributed by atoms with van der Waals surface area (Å²) in [5.41, 5.74) is 1.23. The number of hydrogen-bond acceptors (Lipinski definition) is 2.